The molecule has 43 heavy (non-hydrogen) atoms. The molecule has 4 heterocycles. The number of aryl methyl sites for hydroxylation is 1. The van der Waals surface area contributed by atoms with Gasteiger partial charge in [0, 0.05) is 41.0 Å². The van der Waals surface area contributed by atoms with E-state index >= 15 is 0 Å². The van der Waals surface area contributed by atoms with Gasteiger partial charge < -0.3 is 4.57 Å². The maximum Gasteiger partial charge on any atom is 0.271 e. The van der Waals surface area contributed by atoms with Crippen LogP contribution in [0, 0.1) is 5.41 Å². The number of fused-ring (bicyclic) bond motifs is 1. The number of carbonyl (C=O) groups excluding carboxylic acids is 2. The number of nitrogens with zero attached hydrogens (tertiary/aromatic N) is 4. The average Bonchev–Trinajstić information content (AvgIpc) is 3.71. The van der Waals surface area contributed by atoms with Crippen molar-refractivity contribution in [2.24, 2.45) is 7.05 Å². The Hall–Kier alpha value is -5.12. The van der Waals surface area contributed by atoms with E-state index in [0.29, 0.717) is 36.9 Å². The van der Waals surface area contributed by atoms with Gasteiger partial charge in [0.05, 0.1) is 10.6 Å². The molecule has 7 rings (SSSR count). The molecule has 7 nitrogen and oxygen atoms in total. The number of thiophene rings is 1. The lowest BCUT2D eigenvalue weighted by atomic mass is 9.95. The van der Waals surface area contributed by atoms with Crippen molar-refractivity contribution in [2.45, 2.75) is 0 Å². The van der Waals surface area contributed by atoms with E-state index in [1.807, 2.05) is 109 Å². The van der Waals surface area contributed by atoms with Crippen molar-refractivity contribution < 1.29 is 9.59 Å². The molecule has 1 aliphatic rings. The van der Waals surface area contributed by atoms with Crippen molar-refractivity contribution in [3.05, 3.63) is 130 Å². The summed E-state index contributed by atoms with van der Waals surface area (Å²) in [6.07, 6.45) is 3.68. The highest BCUT2D eigenvalue weighted by Gasteiger charge is 2.39. The van der Waals surface area contributed by atoms with E-state index in [2.05, 4.69) is 10.2 Å². The van der Waals surface area contributed by atoms with Crippen LogP contribution in [-0.4, -0.2) is 31.6 Å². The fourth-order valence-electron chi connectivity index (χ4n) is 5.19. The highest BCUT2D eigenvalue weighted by molar-refractivity contribution is 8.19. The number of carbonyl (C=O) groups is 2. The molecule has 3 aromatic carbocycles. The molecule has 1 saturated heterocycles. The lowest BCUT2D eigenvalue weighted by Crippen LogP contribution is -2.29. The molecule has 0 saturated carbocycles. The van der Waals surface area contributed by atoms with Gasteiger partial charge in [-0.05, 0) is 35.5 Å². The molecule has 1 amide bonds. The number of hydrogen-bond donors (Lipinski definition) is 1. The summed E-state index contributed by atoms with van der Waals surface area (Å²) in [5, 5.41) is 18.9. The van der Waals surface area contributed by atoms with Crippen LogP contribution in [0.3, 0.4) is 0 Å². The van der Waals surface area contributed by atoms with Crippen LogP contribution in [-0.2, 0) is 11.8 Å². The van der Waals surface area contributed by atoms with Gasteiger partial charge in [-0.2, -0.15) is 0 Å². The smallest absolute Gasteiger partial charge is 0.271 e. The van der Waals surface area contributed by atoms with Crippen LogP contribution in [0.4, 0.5) is 5.69 Å². The monoisotopic (exact) mass is 597 g/mol. The summed E-state index contributed by atoms with van der Waals surface area (Å²) in [5.41, 5.74) is 4.78. The molecule has 1 fully saturated rings. The van der Waals surface area contributed by atoms with Crippen molar-refractivity contribution >= 4 is 61.9 Å². The second-order valence-electron chi connectivity index (χ2n) is 9.91. The zero-order chi connectivity index (χ0) is 29.5. The topological polar surface area (TPSA) is 91.9 Å². The Balaban J connectivity index is 1.54. The van der Waals surface area contributed by atoms with E-state index in [1.165, 1.54) is 16.2 Å². The normalized spacial score (nSPS) is 14.3. The van der Waals surface area contributed by atoms with Gasteiger partial charge in [-0.3, -0.25) is 19.9 Å². The minimum absolute atomic E-state index is 0.0179. The van der Waals surface area contributed by atoms with Crippen molar-refractivity contribution in [1.82, 2.24) is 14.8 Å². The first-order chi connectivity index (χ1) is 21.0. The SMILES string of the molecule is Cn1cccc1/C=C1/SC(=N)N(c2c(C(=O)c3ccccc3)sc3nnc(-c4ccccc4)c(-c4ccccc4)c23)C1=O. The third kappa shape index (κ3) is 4.68. The number of anilines is 1. The fourth-order valence-corrected chi connectivity index (χ4v) is 7.10. The van der Waals surface area contributed by atoms with E-state index in [4.69, 9.17) is 5.41 Å². The van der Waals surface area contributed by atoms with Crippen molar-refractivity contribution in [2.75, 3.05) is 4.90 Å². The zero-order valence-electron chi connectivity index (χ0n) is 22.9. The van der Waals surface area contributed by atoms with E-state index in [1.54, 1.807) is 18.2 Å². The van der Waals surface area contributed by atoms with Gasteiger partial charge in [-0.15, -0.1) is 21.5 Å². The van der Waals surface area contributed by atoms with Gasteiger partial charge in [-0.1, -0.05) is 91.0 Å². The summed E-state index contributed by atoms with van der Waals surface area (Å²) in [6, 6.07) is 32.3. The zero-order valence-corrected chi connectivity index (χ0v) is 24.5. The summed E-state index contributed by atoms with van der Waals surface area (Å²) in [4.78, 5) is 30.9. The lowest BCUT2D eigenvalue weighted by molar-refractivity contribution is -0.113. The summed E-state index contributed by atoms with van der Waals surface area (Å²) >= 11 is 2.27. The highest BCUT2D eigenvalue weighted by Crippen LogP contribution is 2.49. The van der Waals surface area contributed by atoms with Gasteiger partial charge >= 0.3 is 0 Å². The average molecular weight is 598 g/mol. The molecule has 0 aliphatic carbocycles. The molecule has 6 aromatic rings. The molecule has 0 unspecified atom stereocenters. The van der Waals surface area contributed by atoms with Crippen molar-refractivity contribution in [3.8, 4) is 22.4 Å². The van der Waals surface area contributed by atoms with Crippen LogP contribution >= 0.6 is 23.1 Å². The molecule has 9 heteroatoms. The van der Waals surface area contributed by atoms with Crippen LogP contribution in [0.1, 0.15) is 20.9 Å². The third-order valence-electron chi connectivity index (χ3n) is 7.25. The van der Waals surface area contributed by atoms with Crippen LogP contribution in [0.25, 0.3) is 38.7 Å². The quantitative estimate of drug-likeness (QED) is 0.157. The first-order valence-electron chi connectivity index (χ1n) is 13.5. The summed E-state index contributed by atoms with van der Waals surface area (Å²) < 4.78 is 1.91. The molecule has 0 radical (unpaired) electrons. The van der Waals surface area contributed by atoms with Crippen LogP contribution in [0.5, 0.6) is 0 Å². The van der Waals surface area contributed by atoms with E-state index < -0.39 is 0 Å². The predicted molar refractivity (Wildman–Crippen MR) is 174 cm³/mol. The number of nitrogens with one attached hydrogen (secondary N) is 1. The molecular weight excluding hydrogens is 575 g/mol. The van der Waals surface area contributed by atoms with Gasteiger partial charge in [0.1, 0.15) is 15.4 Å². The maximum absolute atomic E-state index is 14.2. The summed E-state index contributed by atoms with van der Waals surface area (Å²) in [6.45, 7) is 0. The Kier molecular flexibility index (Phi) is 6.81. The summed E-state index contributed by atoms with van der Waals surface area (Å²) in [7, 11) is 1.90. The minimum Gasteiger partial charge on any atom is -0.351 e. The Labute approximate surface area is 255 Å². The number of amides is 1. The second-order valence-corrected chi connectivity index (χ2v) is 11.9. The van der Waals surface area contributed by atoms with Crippen molar-refractivity contribution in [1.29, 1.82) is 5.41 Å². The number of aromatic nitrogens is 3. The Morgan fingerprint density at radius 2 is 1.49 bits per heavy atom. The molecule has 0 atom stereocenters. The van der Waals surface area contributed by atoms with Crippen molar-refractivity contribution in [3.63, 3.8) is 0 Å². The third-order valence-corrected chi connectivity index (χ3v) is 9.20. The van der Waals surface area contributed by atoms with Crippen LogP contribution < -0.4 is 4.90 Å². The lowest BCUT2D eigenvalue weighted by Gasteiger charge is -2.18. The predicted octanol–water partition coefficient (Wildman–Crippen LogP) is 7.65. The van der Waals surface area contributed by atoms with Crippen LogP contribution in [0.2, 0.25) is 0 Å². The number of ketones is 1. The number of amidine groups is 1. The number of benzene rings is 3. The molecular formula is C34H23N5O2S2. The molecule has 0 bridgehead atoms. The fraction of sp³-hybridized carbons (Fsp3) is 0.0294. The van der Waals surface area contributed by atoms with Gasteiger partial charge in [0.2, 0.25) is 5.78 Å². The number of rotatable bonds is 6. The number of thioether (sulfide) groups is 1. The van der Waals surface area contributed by atoms with E-state index in [0.717, 1.165) is 34.1 Å². The molecule has 1 aliphatic heterocycles. The van der Waals surface area contributed by atoms with Gasteiger partial charge in [0.15, 0.2) is 5.17 Å². The van der Waals surface area contributed by atoms with Crippen LogP contribution in [0.15, 0.2) is 114 Å². The second kappa shape index (κ2) is 10.9. The van der Waals surface area contributed by atoms with E-state index in [-0.39, 0.29) is 16.9 Å². The molecule has 0 spiro atoms. The van der Waals surface area contributed by atoms with Gasteiger partial charge in [-0.25, -0.2) is 0 Å². The highest BCUT2D eigenvalue weighted by atomic mass is 32.2. The molecule has 208 valence electrons. The van der Waals surface area contributed by atoms with E-state index in [9.17, 15) is 9.59 Å². The Morgan fingerprint density at radius 3 is 2.14 bits per heavy atom. The Morgan fingerprint density at radius 1 is 0.837 bits per heavy atom. The first-order valence-corrected chi connectivity index (χ1v) is 15.1. The first kappa shape index (κ1) is 26.8. The number of hydrogen-bond acceptors (Lipinski definition) is 7. The standard InChI is InChI=1S/C34H23N5O2S2/c1-38-19-11-18-24(38)20-25-33(41)39(34(35)42-25)29-27-26(21-12-5-2-6-13-21)28(22-14-7-3-8-15-22)36-37-32(27)43-31(29)30(40)23-16-9-4-10-17-23/h2-20,35H,1H3/b25-20+,35-34?. The summed E-state index contributed by atoms with van der Waals surface area (Å²) in [5.74, 6) is -0.612. The Bertz CT molecular complexity index is 2070. The molecule has 3 aromatic heterocycles. The molecule has 1 N–H and O–H groups in total. The van der Waals surface area contributed by atoms with Gasteiger partial charge in [0.25, 0.3) is 5.91 Å². The maximum atomic E-state index is 14.2. The largest absolute Gasteiger partial charge is 0.351 e. The minimum atomic E-state index is -0.366.